The molecule has 0 unspecified atom stereocenters. The summed E-state index contributed by atoms with van der Waals surface area (Å²) >= 11 is 6.48. The Morgan fingerprint density at radius 1 is 0.672 bits per heavy atom. The summed E-state index contributed by atoms with van der Waals surface area (Å²) in [5, 5.41) is 59.1. The van der Waals surface area contributed by atoms with E-state index in [0.717, 1.165) is 12.1 Å². The van der Waals surface area contributed by atoms with E-state index in [1.807, 2.05) is 0 Å². The van der Waals surface area contributed by atoms with Gasteiger partial charge in [-0.05, 0) is 97.1 Å². The Bertz CT molecular complexity index is 3230. The quantitative estimate of drug-likeness (QED) is 0.00670. The first kappa shape index (κ1) is 50.3. The number of nitrogens with zero attached hydrogens (tertiary/aromatic N) is 6. The van der Waals surface area contributed by atoms with E-state index in [-0.39, 0.29) is 102 Å². The second kappa shape index (κ2) is 21.7. The number of nitrogen functional groups attached to an aromatic ring is 3. The number of aromatic hydroxyl groups is 1. The number of azo groups is 3. The van der Waals surface area contributed by atoms with E-state index >= 15 is 0 Å². The van der Waals surface area contributed by atoms with Crippen LogP contribution in [-0.2, 0) is 52.9 Å². The minimum Gasteiger partial charge on any atom is -0.505 e. The van der Waals surface area contributed by atoms with E-state index in [2.05, 4.69) is 54.2 Å². The maximum absolute atomic E-state index is 13.2. The van der Waals surface area contributed by atoms with Crippen molar-refractivity contribution in [3.63, 3.8) is 0 Å². The molecule has 0 aliphatic carbocycles. The van der Waals surface area contributed by atoms with Gasteiger partial charge in [-0.3, -0.25) is 13.5 Å². The van der Waals surface area contributed by atoms with Gasteiger partial charge in [-0.2, -0.15) is 23.8 Å². The molecule has 6 rings (SSSR count). The van der Waals surface area contributed by atoms with Crippen LogP contribution in [0.2, 0.25) is 5.02 Å². The van der Waals surface area contributed by atoms with Crippen molar-refractivity contribution >= 4 is 134 Å². The lowest BCUT2D eigenvalue weighted by Gasteiger charge is -2.14. The van der Waals surface area contributed by atoms with Gasteiger partial charge in [-0.1, -0.05) is 21.7 Å². The molecule has 0 saturated heterocycles. The third kappa shape index (κ3) is 12.7. The second-order valence-corrected chi connectivity index (χ2v) is 19.9. The molecule has 11 N–H and O–H groups in total. The van der Waals surface area contributed by atoms with Crippen molar-refractivity contribution in [2.24, 2.45) is 30.7 Å². The third-order valence-corrected chi connectivity index (χ3v) is 14.0. The monoisotopic (exact) mass is 1040 g/mol. The lowest BCUT2D eigenvalue weighted by Crippen LogP contribution is -2.12. The molecule has 67 heavy (non-hydrogen) atoms. The topological polar surface area (TPSA) is 394 Å². The SMILES string of the molecule is Nc1cc(N)c(/N=N/c2ccc(NS(=O)(=O)c3ccc(/N=N/c4cc(S(=O)(=O)O)c5cc(SOOO)c(/N=N/c6ccc(S(=O)(=O)CCOSOOO)cc6)c(O)c5c4N)cc3)cc2)cc1Cl. The van der Waals surface area contributed by atoms with Crippen LogP contribution in [0.5, 0.6) is 5.75 Å². The number of fused-ring (bicyclic) bond motifs is 1. The number of hydrogen-bond acceptors (Lipinski definition) is 25. The van der Waals surface area contributed by atoms with Gasteiger partial charge in [-0.15, -0.1) is 24.0 Å². The number of nitrogens with two attached hydrogens (primary N) is 3. The Morgan fingerprint density at radius 2 is 1.24 bits per heavy atom. The highest BCUT2D eigenvalue weighted by molar-refractivity contribution is 7.94. The second-order valence-electron chi connectivity index (χ2n) is 13.0. The summed E-state index contributed by atoms with van der Waals surface area (Å²) in [6.45, 7) is -0.334. The van der Waals surface area contributed by atoms with Gasteiger partial charge in [0.05, 0.1) is 83.6 Å². The molecule has 0 aromatic heterocycles. The van der Waals surface area contributed by atoms with Crippen molar-refractivity contribution < 1.29 is 68.4 Å². The first-order valence-corrected chi connectivity index (χ1v) is 24.3. The molecule has 0 saturated carbocycles. The number of phenolic OH excluding ortho intramolecular Hbond substituents is 1. The summed E-state index contributed by atoms with van der Waals surface area (Å²) in [7, 11) is -13.1. The van der Waals surface area contributed by atoms with Crippen molar-refractivity contribution in [2.75, 3.05) is 34.3 Å². The Labute approximate surface area is 392 Å². The standard InChI is InChI=1S/C36H31ClN10O15S5/c37-26-16-29(28(39)17-27(26)38)44-41-19-1-3-22(4-2-19)47-66(53,54)24-11-7-20(8-12-24)42-45-30-18-32(67(55,56)57)25-15-31(63-61-59-49)35(36(48)33(25)34(30)40)46-43-21-5-9-23(10-6-21)65(51,52)14-13-58-64-62-60-50/h1-12,15-18,47-50H,13-14,38-40H2,(H,55,56,57)/b44-41+,45-42+,46-43+. The molecule has 0 atom stereocenters. The molecule has 6 aromatic rings. The van der Waals surface area contributed by atoms with Crippen molar-refractivity contribution in [2.45, 2.75) is 19.6 Å². The summed E-state index contributed by atoms with van der Waals surface area (Å²) in [5.74, 6) is -1.31. The number of sulfonamides is 1. The lowest BCUT2D eigenvalue weighted by atomic mass is 10.0. The molecule has 31 heteroatoms. The van der Waals surface area contributed by atoms with Gasteiger partial charge in [0.25, 0.3) is 20.1 Å². The molecule has 352 valence electrons. The van der Waals surface area contributed by atoms with E-state index in [1.54, 1.807) is 0 Å². The molecule has 0 aliphatic rings. The highest BCUT2D eigenvalue weighted by atomic mass is 35.5. The normalized spacial score (nSPS) is 12.5. The lowest BCUT2D eigenvalue weighted by molar-refractivity contribution is -0.434. The van der Waals surface area contributed by atoms with Crippen LogP contribution in [0.25, 0.3) is 10.8 Å². The maximum atomic E-state index is 13.2. The maximum Gasteiger partial charge on any atom is 0.295 e. The van der Waals surface area contributed by atoms with Crippen LogP contribution < -0.4 is 21.9 Å². The first-order chi connectivity index (χ1) is 31.8. The van der Waals surface area contributed by atoms with Crippen molar-refractivity contribution in [3.8, 4) is 5.75 Å². The molecule has 0 aliphatic heterocycles. The number of sulfone groups is 1. The van der Waals surface area contributed by atoms with Crippen LogP contribution >= 0.6 is 36.0 Å². The fraction of sp³-hybridized carbons (Fsp3) is 0.0556. The molecular formula is C36H31ClN10O15S5. The summed E-state index contributed by atoms with van der Waals surface area (Å²) in [5.41, 5.74) is 18.3. The van der Waals surface area contributed by atoms with Crippen molar-refractivity contribution in [3.05, 3.63) is 102 Å². The molecular weight excluding hydrogens is 1010 g/mol. The number of rotatable bonds is 20. The van der Waals surface area contributed by atoms with E-state index in [9.17, 15) is 34.9 Å². The predicted octanol–water partition coefficient (Wildman–Crippen LogP) is 9.44. The van der Waals surface area contributed by atoms with Crippen LogP contribution in [0.15, 0.2) is 147 Å². The largest absolute Gasteiger partial charge is 0.505 e. The van der Waals surface area contributed by atoms with Crippen molar-refractivity contribution in [1.29, 1.82) is 0 Å². The summed E-state index contributed by atoms with van der Waals surface area (Å²) < 4.78 is 103. The zero-order valence-electron chi connectivity index (χ0n) is 33.3. The number of phenols is 1. The number of anilines is 4. The molecule has 6 aromatic carbocycles. The van der Waals surface area contributed by atoms with Crippen LogP contribution in [0.4, 0.5) is 56.9 Å². The van der Waals surface area contributed by atoms with Gasteiger partial charge in [0.15, 0.2) is 27.9 Å². The van der Waals surface area contributed by atoms with Gasteiger partial charge in [0.1, 0.15) is 22.0 Å². The molecule has 0 radical (unpaired) electrons. The zero-order chi connectivity index (χ0) is 48.5. The molecule has 0 fully saturated rings. The van der Waals surface area contributed by atoms with E-state index < -0.39 is 57.5 Å². The number of halogens is 1. The number of benzene rings is 6. The van der Waals surface area contributed by atoms with Crippen LogP contribution in [0.1, 0.15) is 0 Å². The van der Waals surface area contributed by atoms with Crippen LogP contribution in [0, 0.1) is 0 Å². The average Bonchev–Trinajstić information content (AvgIpc) is 3.28. The Hall–Kier alpha value is -6.10. The highest BCUT2D eigenvalue weighted by Crippen LogP contribution is 2.50. The summed E-state index contributed by atoms with van der Waals surface area (Å²) in [6, 6.07) is 20.7. The van der Waals surface area contributed by atoms with Crippen LogP contribution in [0.3, 0.4) is 0 Å². The molecule has 0 amide bonds. The Balaban J connectivity index is 1.24. The average molecular weight is 1040 g/mol. The summed E-state index contributed by atoms with van der Waals surface area (Å²) in [4.78, 5) is -1.35. The molecule has 0 spiro atoms. The fourth-order valence-electron chi connectivity index (χ4n) is 5.58. The van der Waals surface area contributed by atoms with E-state index in [1.165, 1.54) is 84.9 Å². The predicted molar refractivity (Wildman–Crippen MR) is 244 cm³/mol. The summed E-state index contributed by atoms with van der Waals surface area (Å²) in [6.07, 6.45) is 0. The van der Waals surface area contributed by atoms with Gasteiger partial charge in [-0.25, -0.2) is 27.4 Å². The van der Waals surface area contributed by atoms with E-state index in [0.29, 0.717) is 5.69 Å². The first-order valence-electron chi connectivity index (χ1n) is 18.0. The van der Waals surface area contributed by atoms with Gasteiger partial charge in [0.2, 0.25) is 0 Å². The van der Waals surface area contributed by atoms with Gasteiger partial charge < -0.3 is 22.3 Å². The van der Waals surface area contributed by atoms with Gasteiger partial charge >= 0.3 is 0 Å². The fourth-order valence-corrected chi connectivity index (χ4v) is 9.39. The molecule has 0 bridgehead atoms. The molecule has 25 nitrogen and oxygen atoms in total. The highest BCUT2D eigenvalue weighted by Gasteiger charge is 2.26. The Kier molecular flexibility index (Phi) is 16.3. The van der Waals surface area contributed by atoms with Crippen LogP contribution in [-0.4, -0.2) is 57.8 Å². The number of nitrogens with one attached hydrogen (secondary N) is 1. The molecule has 0 heterocycles. The zero-order valence-corrected chi connectivity index (χ0v) is 38.1. The van der Waals surface area contributed by atoms with E-state index in [4.69, 9.17) is 43.5 Å². The minimum atomic E-state index is -5.10. The smallest absolute Gasteiger partial charge is 0.295 e. The minimum absolute atomic E-state index is 0.0555. The third-order valence-electron chi connectivity index (χ3n) is 8.71. The number of hydrogen-bond donors (Lipinski definition) is 8. The van der Waals surface area contributed by atoms with Gasteiger partial charge in [0, 0.05) is 11.1 Å². The van der Waals surface area contributed by atoms with Crippen molar-refractivity contribution in [1.82, 2.24) is 0 Å². The Morgan fingerprint density at radius 3 is 1.84 bits per heavy atom.